The predicted molar refractivity (Wildman–Crippen MR) is 85.2 cm³/mol. The number of nitrogens with one attached hydrogen (secondary N) is 1. The summed E-state index contributed by atoms with van der Waals surface area (Å²) < 4.78 is 1.04. The van der Waals surface area contributed by atoms with E-state index in [-0.39, 0.29) is 0 Å². The molecule has 20 heavy (non-hydrogen) atoms. The van der Waals surface area contributed by atoms with Crippen LogP contribution in [0.5, 0.6) is 0 Å². The van der Waals surface area contributed by atoms with E-state index in [9.17, 15) is 9.90 Å². The molecule has 0 aliphatic heterocycles. The van der Waals surface area contributed by atoms with Crippen molar-refractivity contribution in [3.63, 3.8) is 0 Å². The Morgan fingerprint density at radius 3 is 2.65 bits per heavy atom. The molecule has 2 rings (SSSR count). The molecule has 0 aliphatic carbocycles. The molecule has 1 aromatic heterocycles. The molecule has 0 spiro atoms. The molecule has 0 amide bonds. The van der Waals surface area contributed by atoms with Crippen LogP contribution in [0.1, 0.15) is 15.3 Å². The van der Waals surface area contributed by atoms with Crippen LogP contribution < -0.4 is 5.32 Å². The van der Waals surface area contributed by atoms with Crippen molar-refractivity contribution in [1.29, 1.82) is 0 Å². The van der Waals surface area contributed by atoms with Crippen molar-refractivity contribution in [1.82, 2.24) is 5.32 Å². The SMILES string of the molecule is Cc1cc(Br)c(CN[C@H](Cc2ccccc2)C(=O)O)s1. The van der Waals surface area contributed by atoms with E-state index in [0.717, 1.165) is 14.9 Å². The molecule has 1 aromatic carbocycles. The molecule has 106 valence electrons. The van der Waals surface area contributed by atoms with Gasteiger partial charge in [0.25, 0.3) is 0 Å². The average molecular weight is 354 g/mol. The van der Waals surface area contributed by atoms with Crippen molar-refractivity contribution >= 4 is 33.2 Å². The number of carboxylic acids is 1. The topological polar surface area (TPSA) is 49.3 Å². The van der Waals surface area contributed by atoms with Gasteiger partial charge in [-0.2, -0.15) is 0 Å². The Morgan fingerprint density at radius 2 is 2.10 bits per heavy atom. The summed E-state index contributed by atoms with van der Waals surface area (Å²) in [5.74, 6) is -0.821. The highest BCUT2D eigenvalue weighted by Gasteiger charge is 2.18. The number of carbonyl (C=O) groups is 1. The first-order valence-electron chi connectivity index (χ1n) is 6.31. The van der Waals surface area contributed by atoms with Crippen molar-refractivity contribution in [2.75, 3.05) is 0 Å². The Hall–Kier alpha value is -1.17. The maximum atomic E-state index is 11.3. The molecule has 0 fully saturated rings. The molecule has 1 heterocycles. The summed E-state index contributed by atoms with van der Waals surface area (Å²) in [4.78, 5) is 13.7. The van der Waals surface area contributed by atoms with Crippen LogP contribution in [0.4, 0.5) is 0 Å². The standard InChI is InChI=1S/C15H16BrNO2S/c1-10-7-12(16)14(20-10)9-17-13(15(18)19)8-11-5-3-2-4-6-11/h2-7,13,17H,8-9H2,1H3,(H,18,19)/t13-/m1/s1. The van der Waals surface area contributed by atoms with Gasteiger partial charge in [0.05, 0.1) is 0 Å². The summed E-state index contributed by atoms with van der Waals surface area (Å²) in [5.41, 5.74) is 1.02. The van der Waals surface area contributed by atoms with Crippen LogP contribution in [0.15, 0.2) is 40.9 Å². The van der Waals surface area contributed by atoms with Gasteiger partial charge in [-0.15, -0.1) is 11.3 Å². The molecule has 0 bridgehead atoms. The van der Waals surface area contributed by atoms with Gasteiger partial charge >= 0.3 is 5.97 Å². The molecular formula is C15H16BrNO2S. The second-order valence-corrected chi connectivity index (χ2v) is 6.78. The zero-order chi connectivity index (χ0) is 14.5. The van der Waals surface area contributed by atoms with E-state index in [4.69, 9.17) is 0 Å². The number of thiophene rings is 1. The van der Waals surface area contributed by atoms with Crippen LogP contribution >= 0.6 is 27.3 Å². The lowest BCUT2D eigenvalue weighted by atomic mass is 10.1. The minimum Gasteiger partial charge on any atom is -0.480 e. The van der Waals surface area contributed by atoms with Crippen LogP contribution in [0.25, 0.3) is 0 Å². The number of hydrogen-bond donors (Lipinski definition) is 2. The van der Waals surface area contributed by atoms with Crippen molar-refractivity contribution in [3.05, 3.63) is 56.2 Å². The van der Waals surface area contributed by atoms with Crippen molar-refractivity contribution in [3.8, 4) is 0 Å². The maximum Gasteiger partial charge on any atom is 0.321 e. The Bertz CT molecular complexity index is 583. The number of aliphatic carboxylic acids is 1. The highest BCUT2D eigenvalue weighted by molar-refractivity contribution is 9.10. The van der Waals surface area contributed by atoms with Gasteiger partial charge in [0, 0.05) is 20.8 Å². The van der Waals surface area contributed by atoms with E-state index in [2.05, 4.69) is 27.3 Å². The lowest BCUT2D eigenvalue weighted by Gasteiger charge is -2.14. The zero-order valence-electron chi connectivity index (χ0n) is 11.1. The fraction of sp³-hybridized carbons (Fsp3) is 0.267. The number of hydrogen-bond acceptors (Lipinski definition) is 3. The van der Waals surface area contributed by atoms with E-state index in [1.54, 1.807) is 11.3 Å². The highest BCUT2D eigenvalue weighted by Crippen LogP contribution is 2.26. The first kappa shape index (κ1) is 15.2. The number of benzene rings is 1. The van der Waals surface area contributed by atoms with Crippen LogP contribution in [0, 0.1) is 6.92 Å². The van der Waals surface area contributed by atoms with Crippen LogP contribution in [0.2, 0.25) is 0 Å². The Kier molecular flexibility index (Phi) is 5.34. The van der Waals surface area contributed by atoms with Crippen molar-refractivity contribution in [2.24, 2.45) is 0 Å². The third kappa shape index (κ3) is 4.16. The Morgan fingerprint density at radius 1 is 1.40 bits per heavy atom. The Balaban J connectivity index is 2.00. The zero-order valence-corrected chi connectivity index (χ0v) is 13.5. The van der Waals surface area contributed by atoms with E-state index in [1.165, 1.54) is 4.88 Å². The maximum absolute atomic E-state index is 11.3. The van der Waals surface area contributed by atoms with Gasteiger partial charge < -0.3 is 5.11 Å². The second kappa shape index (κ2) is 7.02. The van der Waals surface area contributed by atoms with Gasteiger partial charge in [-0.3, -0.25) is 10.1 Å². The quantitative estimate of drug-likeness (QED) is 0.833. The molecule has 1 atom stereocenters. The summed E-state index contributed by atoms with van der Waals surface area (Å²) in [7, 11) is 0. The first-order valence-corrected chi connectivity index (χ1v) is 7.92. The molecule has 0 aliphatic rings. The molecular weight excluding hydrogens is 338 g/mol. The highest BCUT2D eigenvalue weighted by atomic mass is 79.9. The minimum atomic E-state index is -0.821. The van der Waals surface area contributed by atoms with Gasteiger partial charge in [0.2, 0.25) is 0 Å². The molecule has 0 radical (unpaired) electrons. The molecule has 2 aromatic rings. The van der Waals surface area contributed by atoms with E-state index in [1.807, 2.05) is 37.3 Å². The monoisotopic (exact) mass is 353 g/mol. The summed E-state index contributed by atoms with van der Waals surface area (Å²) in [6, 6.07) is 11.1. The fourth-order valence-electron chi connectivity index (χ4n) is 1.96. The third-order valence-corrected chi connectivity index (χ3v) is 4.99. The van der Waals surface area contributed by atoms with Gasteiger partial charge in [-0.1, -0.05) is 30.3 Å². The van der Waals surface area contributed by atoms with Crippen LogP contribution in [-0.2, 0) is 17.8 Å². The predicted octanol–water partition coefficient (Wildman–Crippen LogP) is 3.60. The summed E-state index contributed by atoms with van der Waals surface area (Å²) in [5, 5.41) is 12.4. The Labute approximate surface area is 130 Å². The second-order valence-electron chi connectivity index (χ2n) is 4.59. The van der Waals surface area contributed by atoms with Crippen molar-refractivity contribution in [2.45, 2.75) is 25.9 Å². The molecule has 0 unspecified atom stereocenters. The van der Waals surface area contributed by atoms with Gasteiger partial charge in [0.15, 0.2) is 0 Å². The lowest BCUT2D eigenvalue weighted by molar-refractivity contribution is -0.139. The molecule has 0 saturated heterocycles. The van der Waals surface area contributed by atoms with Crippen molar-refractivity contribution < 1.29 is 9.90 Å². The summed E-state index contributed by atoms with van der Waals surface area (Å²) in [6.45, 7) is 2.60. The normalized spacial score (nSPS) is 12.3. The smallest absolute Gasteiger partial charge is 0.321 e. The van der Waals surface area contributed by atoms with Crippen LogP contribution in [0.3, 0.4) is 0 Å². The third-order valence-electron chi connectivity index (χ3n) is 2.97. The average Bonchev–Trinajstić information content (AvgIpc) is 2.73. The molecule has 2 N–H and O–H groups in total. The largest absolute Gasteiger partial charge is 0.480 e. The summed E-state index contributed by atoms with van der Waals surface area (Å²) in [6.07, 6.45) is 0.484. The molecule has 5 heteroatoms. The minimum absolute atomic E-state index is 0.484. The number of aryl methyl sites for hydroxylation is 1. The van der Waals surface area contributed by atoms with Gasteiger partial charge in [-0.25, -0.2) is 0 Å². The number of halogens is 1. The van der Waals surface area contributed by atoms with Gasteiger partial charge in [0.1, 0.15) is 6.04 Å². The van der Waals surface area contributed by atoms with Crippen LogP contribution in [-0.4, -0.2) is 17.1 Å². The lowest BCUT2D eigenvalue weighted by Crippen LogP contribution is -2.37. The molecule has 0 saturated carbocycles. The van der Waals surface area contributed by atoms with E-state index in [0.29, 0.717) is 13.0 Å². The molecule has 3 nitrogen and oxygen atoms in total. The number of carboxylic acid groups (broad SMARTS) is 1. The summed E-state index contributed by atoms with van der Waals surface area (Å²) >= 11 is 5.17. The first-order chi connectivity index (χ1) is 9.56. The fourth-order valence-corrected chi connectivity index (χ4v) is 3.72. The number of rotatable bonds is 6. The van der Waals surface area contributed by atoms with E-state index >= 15 is 0 Å². The van der Waals surface area contributed by atoms with E-state index < -0.39 is 12.0 Å². The van der Waals surface area contributed by atoms with Gasteiger partial charge in [-0.05, 0) is 40.9 Å².